The molecular weight excluding hydrogens is 198 g/mol. The van der Waals surface area contributed by atoms with Crippen LogP contribution in [0.2, 0.25) is 0 Å². The van der Waals surface area contributed by atoms with Gasteiger partial charge in [-0.1, -0.05) is 6.42 Å². The van der Waals surface area contributed by atoms with Crippen molar-refractivity contribution >= 4 is 0 Å². The molecule has 90 valence electrons. The van der Waals surface area contributed by atoms with Crippen LogP contribution in [-0.2, 0) is 0 Å². The maximum Gasteiger partial charge on any atom is 0.0967 e. The van der Waals surface area contributed by atoms with Gasteiger partial charge in [-0.25, -0.2) is 0 Å². The molecule has 1 aliphatic heterocycles. The van der Waals surface area contributed by atoms with E-state index in [0.717, 1.165) is 13.0 Å². The quantitative estimate of drug-likeness (QED) is 0.770. The van der Waals surface area contributed by atoms with Crippen LogP contribution >= 0.6 is 0 Å². The second-order valence-electron chi connectivity index (χ2n) is 5.29. The lowest BCUT2D eigenvalue weighted by molar-refractivity contribution is 0.156. The maximum atomic E-state index is 9.07. The second kappa shape index (κ2) is 5.65. The van der Waals surface area contributed by atoms with Crippen LogP contribution in [0.3, 0.4) is 0 Å². The summed E-state index contributed by atoms with van der Waals surface area (Å²) in [6.07, 6.45) is 7.54. The SMILES string of the molecule is CC1CCCCN1CCC(C#N)NC1CC1. The lowest BCUT2D eigenvalue weighted by Gasteiger charge is -2.33. The summed E-state index contributed by atoms with van der Waals surface area (Å²) in [6.45, 7) is 4.62. The Kier molecular flexibility index (Phi) is 4.20. The van der Waals surface area contributed by atoms with E-state index in [1.54, 1.807) is 0 Å². The molecule has 0 aromatic heterocycles. The van der Waals surface area contributed by atoms with E-state index in [1.165, 1.54) is 38.6 Å². The molecule has 1 heterocycles. The van der Waals surface area contributed by atoms with Crippen LogP contribution in [0.4, 0.5) is 0 Å². The molecule has 0 aromatic rings. The summed E-state index contributed by atoms with van der Waals surface area (Å²) in [5.74, 6) is 0. The van der Waals surface area contributed by atoms with Crippen LogP contribution in [-0.4, -0.2) is 36.1 Å². The molecule has 1 N–H and O–H groups in total. The van der Waals surface area contributed by atoms with Gasteiger partial charge in [0.2, 0.25) is 0 Å². The summed E-state index contributed by atoms with van der Waals surface area (Å²) in [4.78, 5) is 2.54. The van der Waals surface area contributed by atoms with E-state index in [-0.39, 0.29) is 6.04 Å². The molecule has 2 aliphatic rings. The maximum absolute atomic E-state index is 9.07. The van der Waals surface area contributed by atoms with Crippen molar-refractivity contribution in [3.63, 3.8) is 0 Å². The highest BCUT2D eigenvalue weighted by Gasteiger charge is 2.25. The van der Waals surface area contributed by atoms with Crippen LogP contribution < -0.4 is 5.32 Å². The number of hydrogen-bond acceptors (Lipinski definition) is 3. The fourth-order valence-corrected chi connectivity index (χ4v) is 2.50. The number of nitrogens with one attached hydrogen (secondary N) is 1. The highest BCUT2D eigenvalue weighted by atomic mass is 15.2. The van der Waals surface area contributed by atoms with E-state index in [2.05, 4.69) is 23.2 Å². The van der Waals surface area contributed by atoms with Gasteiger partial charge < -0.3 is 4.90 Å². The lowest BCUT2D eigenvalue weighted by Crippen LogP contribution is -2.41. The standard InChI is InChI=1S/C13H23N3/c1-11-4-2-3-8-16(11)9-7-13(10-14)15-12-5-6-12/h11-13,15H,2-9H2,1H3. The third kappa shape index (κ3) is 3.47. The Balaban J connectivity index is 1.69. The Morgan fingerprint density at radius 3 is 2.81 bits per heavy atom. The van der Waals surface area contributed by atoms with Crippen LogP contribution in [0, 0.1) is 11.3 Å². The van der Waals surface area contributed by atoms with E-state index in [1.807, 2.05) is 0 Å². The average molecular weight is 221 g/mol. The molecular formula is C13H23N3. The number of nitrogens with zero attached hydrogens (tertiary/aromatic N) is 2. The normalized spacial score (nSPS) is 28.6. The summed E-state index contributed by atoms with van der Waals surface area (Å²) in [7, 11) is 0. The first kappa shape index (κ1) is 11.9. The van der Waals surface area contributed by atoms with Gasteiger partial charge in [-0.05, 0) is 45.6 Å². The highest BCUT2D eigenvalue weighted by Crippen LogP contribution is 2.21. The number of hydrogen-bond donors (Lipinski definition) is 1. The van der Waals surface area contributed by atoms with Crippen LogP contribution in [0.5, 0.6) is 0 Å². The summed E-state index contributed by atoms with van der Waals surface area (Å²) in [6, 6.07) is 3.82. The van der Waals surface area contributed by atoms with Crippen molar-refractivity contribution in [3.8, 4) is 6.07 Å². The highest BCUT2D eigenvalue weighted by molar-refractivity contribution is 4.96. The molecule has 2 atom stereocenters. The van der Waals surface area contributed by atoms with Crippen molar-refractivity contribution in [1.82, 2.24) is 10.2 Å². The molecule has 0 aromatic carbocycles. The molecule has 0 amide bonds. The van der Waals surface area contributed by atoms with E-state index < -0.39 is 0 Å². The minimum atomic E-state index is 0.0710. The zero-order chi connectivity index (χ0) is 11.4. The van der Waals surface area contributed by atoms with Crippen molar-refractivity contribution in [2.75, 3.05) is 13.1 Å². The largest absolute Gasteiger partial charge is 0.301 e. The average Bonchev–Trinajstić information content (AvgIpc) is 3.10. The Bertz CT molecular complexity index is 254. The number of rotatable bonds is 5. The van der Waals surface area contributed by atoms with Gasteiger partial charge in [0.25, 0.3) is 0 Å². The van der Waals surface area contributed by atoms with Gasteiger partial charge >= 0.3 is 0 Å². The Labute approximate surface area is 98.8 Å². The van der Waals surface area contributed by atoms with Crippen LogP contribution in [0.15, 0.2) is 0 Å². The predicted molar refractivity (Wildman–Crippen MR) is 65.1 cm³/mol. The summed E-state index contributed by atoms with van der Waals surface area (Å²) in [5.41, 5.74) is 0. The van der Waals surface area contributed by atoms with Crippen molar-refractivity contribution in [1.29, 1.82) is 5.26 Å². The van der Waals surface area contributed by atoms with Gasteiger partial charge in [0.15, 0.2) is 0 Å². The van der Waals surface area contributed by atoms with Gasteiger partial charge in [0, 0.05) is 18.6 Å². The molecule has 16 heavy (non-hydrogen) atoms. The van der Waals surface area contributed by atoms with E-state index in [4.69, 9.17) is 5.26 Å². The monoisotopic (exact) mass is 221 g/mol. The molecule has 2 fully saturated rings. The van der Waals surface area contributed by atoms with E-state index in [9.17, 15) is 0 Å². The van der Waals surface area contributed by atoms with Crippen molar-refractivity contribution < 1.29 is 0 Å². The third-order valence-electron chi connectivity index (χ3n) is 3.82. The van der Waals surface area contributed by atoms with Crippen molar-refractivity contribution in [2.24, 2.45) is 0 Å². The predicted octanol–water partition coefficient (Wildman–Crippen LogP) is 1.90. The molecule has 1 saturated carbocycles. The number of likely N-dealkylation sites (tertiary alicyclic amines) is 1. The molecule has 3 heteroatoms. The second-order valence-corrected chi connectivity index (χ2v) is 5.29. The summed E-state index contributed by atoms with van der Waals surface area (Å²) >= 11 is 0. The number of piperidine rings is 1. The first-order valence-corrected chi connectivity index (χ1v) is 6.69. The lowest BCUT2D eigenvalue weighted by atomic mass is 10.0. The Morgan fingerprint density at radius 2 is 2.19 bits per heavy atom. The molecule has 2 unspecified atom stereocenters. The molecule has 0 spiro atoms. The van der Waals surface area contributed by atoms with Gasteiger partial charge in [-0.15, -0.1) is 0 Å². The minimum absolute atomic E-state index is 0.0710. The molecule has 1 saturated heterocycles. The molecule has 2 rings (SSSR count). The first-order valence-electron chi connectivity index (χ1n) is 6.69. The summed E-state index contributed by atoms with van der Waals surface area (Å²) in [5, 5.41) is 12.5. The van der Waals surface area contributed by atoms with Gasteiger partial charge in [-0.3, -0.25) is 5.32 Å². The van der Waals surface area contributed by atoms with E-state index >= 15 is 0 Å². The Morgan fingerprint density at radius 1 is 1.38 bits per heavy atom. The summed E-state index contributed by atoms with van der Waals surface area (Å²) < 4.78 is 0. The molecule has 0 bridgehead atoms. The van der Waals surface area contributed by atoms with Gasteiger partial charge in [0.05, 0.1) is 12.1 Å². The van der Waals surface area contributed by atoms with Crippen LogP contribution in [0.1, 0.15) is 45.4 Å². The molecule has 3 nitrogen and oxygen atoms in total. The zero-order valence-electron chi connectivity index (χ0n) is 10.3. The topological polar surface area (TPSA) is 39.1 Å². The van der Waals surface area contributed by atoms with Crippen molar-refractivity contribution in [3.05, 3.63) is 0 Å². The van der Waals surface area contributed by atoms with Gasteiger partial charge in [-0.2, -0.15) is 5.26 Å². The van der Waals surface area contributed by atoms with Crippen LogP contribution in [0.25, 0.3) is 0 Å². The third-order valence-corrected chi connectivity index (χ3v) is 3.82. The minimum Gasteiger partial charge on any atom is -0.301 e. The smallest absolute Gasteiger partial charge is 0.0967 e. The fourth-order valence-electron chi connectivity index (χ4n) is 2.50. The zero-order valence-corrected chi connectivity index (χ0v) is 10.3. The van der Waals surface area contributed by atoms with Gasteiger partial charge in [0.1, 0.15) is 0 Å². The number of nitriles is 1. The first-order chi connectivity index (χ1) is 7.79. The van der Waals surface area contributed by atoms with Crippen molar-refractivity contribution in [2.45, 2.75) is 63.6 Å². The van der Waals surface area contributed by atoms with E-state index in [0.29, 0.717) is 12.1 Å². The molecule has 1 aliphatic carbocycles. The Hall–Kier alpha value is -0.590. The fraction of sp³-hybridized carbons (Fsp3) is 0.923. The molecule has 0 radical (unpaired) electrons.